The van der Waals surface area contributed by atoms with Crippen LogP contribution in [0.2, 0.25) is 0 Å². The monoisotopic (exact) mass is 285 g/mol. The third-order valence-electron chi connectivity index (χ3n) is 3.73. The van der Waals surface area contributed by atoms with Crippen molar-refractivity contribution in [1.29, 1.82) is 0 Å². The molecule has 4 heteroatoms. The number of halogens is 1. The van der Waals surface area contributed by atoms with Gasteiger partial charge in [-0.15, -0.1) is 22.9 Å². The summed E-state index contributed by atoms with van der Waals surface area (Å²) in [5.74, 6) is 0.483. The lowest BCUT2D eigenvalue weighted by Crippen LogP contribution is -2.34. The molecule has 1 aliphatic carbocycles. The molecule has 2 atom stereocenters. The summed E-state index contributed by atoms with van der Waals surface area (Å²) in [5, 5.41) is 3.25. The first-order valence-corrected chi connectivity index (χ1v) is 7.82. The second-order valence-corrected chi connectivity index (χ2v) is 6.94. The maximum absolute atomic E-state index is 12.0. The molecule has 1 aromatic rings. The van der Waals surface area contributed by atoms with Crippen LogP contribution in [0.3, 0.4) is 0 Å². The molecule has 2 nitrogen and oxygen atoms in total. The van der Waals surface area contributed by atoms with Gasteiger partial charge in [-0.3, -0.25) is 4.79 Å². The van der Waals surface area contributed by atoms with Crippen LogP contribution in [-0.4, -0.2) is 17.8 Å². The number of nitrogens with one attached hydrogen (secondary N) is 1. The van der Waals surface area contributed by atoms with Gasteiger partial charge in [0.15, 0.2) is 0 Å². The average molecular weight is 286 g/mol. The highest BCUT2D eigenvalue weighted by Crippen LogP contribution is 2.28. The Hall–Kier alpha value is -0.540. The first kappa shape index (κ1) is 13.9. The summed E-state index contributed by atoms with van der Waals surface area (Å²) in [4.78, 5) is 14.0. The van der Waals surface area contributed by atoms with Crippen LogP contribution in [-0.2, 0) is 0 Å². The number of alkyl halides is 1. The summed E-state index contributed by atoms with van der Waals surface area (Å²) < 4.78 is 0. The molecule has 1 heterocycles. The molecular weight excluding hydrogens is 266 g/mol. The molecule has 100 valence electrons. The summed E-state index contributed by atoms with van der Waals surface area (Å²) in [5.41, 5.74) is 1.19. The van der Waals surface area contributed by atoms with Gasteiger partial charge in [-0.2, -0.15) is 0 Å². The van der Waals surface area contributed by atoms with Gasteiger partial charge >= 0.3 is 0 Å². The van der Waals surface area contributed by atoms with Crippen molar-refractivity contribution in [2.45, 2.75) is 44.9 Å². The lowest BCUT2D eigenvalue weighted by molar-refractivity contribution is 0.0948. The third kappa shape index (κ3) is 3.27. The van der Waals surface area contributed by atoms with Crippen molar-refractivity contribution in [2.75, 3.05) is 6.54 Å². The summed E-state index contributed by atoms with van der Waals surface area (Å²) >= 11 is 7.86. The zero-order valence-corrected chi connectivity index (χ0v) is 12.5. The zero-order chi connectivity index (χ0) is 13.1. The van der Waals surface area contributed by atoms with E-state index < -0.39 is 0 Å². The maximum atomic E-state index is 12.0. The topological polar surface area (TPSA) is 29.1 Å². The SMILES string of the molecule is Cc1cc(C(=O)NCC2CCCCC2Cl)sc1C. The Labute approximate surface area is 118 Å². The molecule has 1 fully saturated rings. The highest BCUT2D eigenvalue weighted by Gasteiger charge is 2.23. The first-order valence-electron chi connectivity index (χ1n) is 6.57. The standard InChI is InChI=1S/C14H20ClNOS/c1-9-7-13(18-10(9)2)14(17)16-8-11-5-3-4-6-12(11)15/h7,11-12H,3-6,8H2,1-2H3,(H,16,17). The number of carbonyl (C=O) groups is 1. The van der Waals surface area contributed by atoms with Crippen molar-refractivity contribution in [1.82, 2.24) is 5.32 Å². The van der Waals surface area contributed by atoms with Crippen LogP contribution in [0, 0.1) is 19.8 Å². The molecule has 0 radical (unpaired) electrons. The first-order chi connectivity index (χ1) is 8.58. The van der Waals surface area contributed by atoms with Gasteiger partial charge in [-0.05, 0) is 44.2 Å². The van der Waals surface area contributed by atoms with Crippen molar-refractivity contribution >= 4 is 28.8 Å². The van der Waals surface area contributed by atoms with E-state index in [1.807, 2.05) is 19.9 Å². The minimum absolute atomic E-state index is 0.0469. The molecule has 0 bridgehead atoms. The van der Waals surface area contributed by atoms with Gasteiger partial charge in [0.25, 0.3) is 5.91 Å². The van der Waals surface area contributed by atoms with Gasteiger partial charge in [0.2, 0.25) is 0 Å². The van der Waals surface area contributed by atoms with Gasteiger partial charge in [0, 0.05) is 16.8 Å². The second kappa shape index (κ2) is 6.07. The number of hydrogen-bond acceptors (Lipinski definition) is 2. The number of hydrogen-bond donors (Lipinski definition) is 1. The summed E-state index contributed by atoms with van der Waals surface area (Å²) in [6.07, 6.45) is 4.68. The van der Waals surface area contributed by atoms with E-state index in [4.69, 9.17) is 11.6 Å². The molecule has 0 spiro atoms. The van der Waals surface area contributed by atoms with Crippen molar-refractivity contribution < 1.29 is 4.79 Å². The van der Waals surface area contributed by atoms with Crippen LogP contribution in [0.25, 0.3) is 0 Å². The molecule has 1 saturated carbocycles. The highest BCUT2D eigenvalue weighted by atomic mass is 35.5. The van der Waals surface area contributed by atoms with Gasteiger partial charge in [-0.1, -0.05) is 12.8 Å². The van der Waals surface area contributed by atoms with E-state index in [9.17, 15) is 4.79 Å². The smallest absolute Gasteiger partial charge is 0.261 e. The predicted molar refractivity (Wildman–Crippen MR) is 77.7 cm³/mol. The lowest BCUT2D eigenvalue weighted by Gasteiger charge is -2.26. The third-order valence-corrected chi connectivity index (χ3v) is 5.46. The molecule has 18 heavy (non-hydrogen) atoms. The Morgan fingerprint density at radius 3 is 2.78 bits per heavy atom. The van der Waals surface area contributed by atoms with Crippen LogP contribution in [0.5, 0.6) is 0 Å². The Bertz CT molecular complexity index is 410. The van der Waals surface area contributed by atoms with E-state index >= 15 is 0 Å². The van der Waals surface area contributed by atoms with E-state index in [1.165, 1.54) is 23.3 Å². The number of carbonyl (C=O) groups excluding carboxylic acids is 1. The number of amides is 1. The van der Waals surface area contributed by atoms with E-state index in [1.54, 1.807) is 11.3 Å². The van der Waals surface area contributed by atoms with Crippen molar-refractivity contribution in [3.63, 3.8) is 0 Å². The molecule has 0 saturated heterocycles. The molecule has 1 amide bonds. The maximum Gasteiger partial charge on any atom is 0.261 e. The quantitative estimate of drug-likeness (QED) is 0.839. The minimum atomic E-state index is 0.0469. The van der Waals surface area contributed by atoms with Crippen molar-refractivity contribution in [3.05, 3.63) is 21.4 Å². The highest BCUT2D eigenvalue weighted by molar-refractivity contribution is 7.14. The predicted octanol–water partition coefficient (Wildman–Crippen LogP) is 3.89. The van der Waals surface area contributed by atoms with Gasteiger partial charge in [-0.25, -0.2) is 0 Å². The van der Waals surface area contributed by atoms with E-state index in [-0.39, 0.29) is 11.3 Å². The fourth-order valence-electron chi connectivity index (χ4n) is 2.39. The molecule has 2 unspecified atom stereocenters. The van der Waals surface area contributed by atoms with Crippen LogP contribution in [0.15, 0.2) is 6.07 Å². The van der Waals surface area contributed by atoms with Crippen LogP contribution in [0.4, 0.5) is 0 Å². The average Bonchev–Trinajstić information content (AvgIpc) is 2.68. The molecule has 1 aromatic heterocycles. The molecular formula is C14H20ClNOS. The molecule has 2 rings (SSSR count). The normalized spacial score (nSPS) is 23.9. The Balaban J connectivity index is 1.88. The summed E-state index contributed by atoms with van der Waals surface area (Å²) in [7, 11) is 0. The van der Waals surface area contributed by atoms with E-state index in [2.05, 4.69) is 5.32 Å². The Morgan fingerprint density at radius 1 is 1.44 bits per heavy atom. The van der Waals surface area contributed by atoms with E-state index in [0.29, 0.717) is 12.5 Å². The Morgan fingerprint density at radius 2 is 2.17 bits per heavy atom. The Kier molecular flexibility index (Phi) is 4.68. The minimum Gasteiger partial charge on any atom is -0.351 e. The van der Waals surface area contributed by atoms with Crippen LogP contribution >= 0.6 is 22.9 Å². The van der Waals surface area contributed by atoms with Crippen molar-refractivity contribution in [3.8, 4) is 0 Å². The van der Waals surface area contributed by atoms with Gasteiger partial charge < -0.3 is 5.32 Å². The number of rotatable bonds is 3. The molecule has 0 aromatic carbocycles. The zero-order valence-electron chi connectivity index (χ0n) is 11.0. The lowest BCUT2D eigenvalue weighted by atomic mass is 9.89. The van der Waals surface area contributed by atoms with Gasteiger partial charge in [0.1, 0.15) is 0 Å². The largest absolute Gasteiger partial charge is 0.351 e. The fraction of sp³-hybridized carbons (Fsp3) is 0.643. The van der Waals surface area contributed by atoms with Crippen LogP contribution < -0.4 is 5.32 Å². The summed E-state index contributed by atoms with van der Waals surface area (Å²) in [6, 6.07) is 1.97. The number of thiophene rings is 1. The molecule has 0 aliphatic heterocycles. The second-order valence-electron chi connectivity index (χ2n) is 5.12. The van der Waals surface area contributed by atoms with Gasteiger partial charge in [0.05, 0.1) is 4.88 Å². The molecule has 1 aliphatic rings. The number of aryl methyl sites for hydroxylation is 2. The fourth-order valence-corrected chi connectivity index (χ4v) is 3.71. The summed E-state index contributed by atoms with van der Waals surface area (Å²) in [6.45, 7) is 4.80. The molecule has 1 N–H and O–H groups in total. The van der Waals surface area contributed by atoms with Crippen LogP contribution in [0.1, 0.15) is 45.8 Å². The van der Waals surface area contributed by atoms with E-state index in [0.717, 1.165) is 17.7 Å². The van der Waals surface area contributed by atoms with Crippen molar-refractivity contribution in [2.24, 2.45) is 5.92 Å².